The zero-order valence-corrected chi connectivity index (χ0v) is 13.9. The van der Waals surface area contributed by atoms with Crippen LogP contribution >= 0.6 is 39.1 Å². The van der Waals surface area contributed by atoms with Crippen LogP contribution in [0.1, 0.15) is 11.3 Å². The molecule has 1 heterocycles. The Hall–Kier alpha value is -0.810. The lowest BCUT2D eigenvalue weighted by molar-refractivity contribution is 0.301. The van der Waals surface area contributed by atoms with Crippen LogP contribution < -0.4 is 10.1 Å². The summed E-state index contributed by atoms with van der Waals surface area (Å²) in [5.41, 5.74) is 1.96. The fourth-order valence-electron chi connectivity index (χ4n) is 1.62. The van der Waals surface area contributed by atoms with Gasteiger partial charge in [-0.05, 0) is 40.7 Å². The Kier molecular flexibility index (Phi) is 5.66. The van der Waals surface area contributed by atoms with Gasteiger partial charge in [0.25, 0.3) is 0 Å². The topological polar surface area (TPSA) is 34.1 Å². The van der Waals surface area contributed by atoms with E-state index >= 15 is 0 Å². The Morgan fingerprint density at radius 3 is 2.70 bits per heavy atom. The van der Waals surface area contributed by atoms with Crippen molar-refractivity contribution in [1.29, 1.82) is 0 Å². The number of rotatable bonds is 5. The number of nitrogens with one attached hydrogen (secondary N) is 1. The summed E-state index contributed by atoms with van der Waals surface area (Å²) in [6.07, 6.45) is 1.82. The van der Waals surface area contributed by atoms with E-state index in [1.165, 1.54) is 0 Å². The van der Waals surface area contributed by atoms with Crippen molar-refractivity contribution in [2.24, 2.45) is 0 Å². The van der Waals surface area contributed by atoms with Crippen LogP contribution in [0.4, 0.5) is 0 Å². The van der Waals surface area contributed by atoms with Crippen molar-refractivity contribution in [3.05, 3.63) is 56.2 Å². The van der Waals surface area contributed by atoms with Gasteiger partial charge < -0.3 is 10.1 Å². The van der Waals surface area contributed by atoms with Crippen molar-refractivity contribution in [2.75, 3.05) is 7.05 Å². The fourth-order valence-corrected chi connectivity index (χ4v) is 2.46. The molecule has 0 saturated heterocycles. The Morgan fingerprint density at radius 1 is 1.25 bits per heavy atom. The van der Waals surface area contributed by atoms with Crippen molar-refractivity contribution in [1.82, 2.24) is 10.3 Å². The maximum absolute atomic E-state index is 6.09. The molecule has 20 heavy (non-hydrogen) atoms. The van der Waals surface area contributed by atoms with E-state index < -0.39 is 0 Å². The van der Waals surface area contributed by atoms with Gasteiger partial charge in [-0.1, -0.05) is 29.3 Å². The first-order valence-electron chi connectivity index (χ1n) is 5.96. The molecule has 0 fully saturated rings. The molecule has 3 nitrogen and oxygen atoms in total. The number of hydrogen-bond acceptors (Lipinski definition) is 3. The Morgan fingerprint density at radius 2 is 2.05 bits per heavy atom. The Bertz CT molecular complexity index is 590. The second-order valence-electron chi connectivity index (χ2n) is 4.17. The smallest absolute Gasteiger partial charge is 0.140 e. The summed E-state index contributed by atoms with van der Waals surface area (Å²) in [4.78, 5) is 4.33. The standard InChI is InChI=1S/C14H13BrCl2N2O/c1-18-6-9-2-3-10(19-7-9)8-20-14-5-12(16)11(15)4-13(14)17/h2-5,7,18H,6,8H2,1H3. The summed E-state index contributed by atoms with van der Waals surface area (Å²) in [6.45, 7) is 1.14. The zero-order chi connectivity index (χ0) is 14.5. The van der Waals surface area contributed by atoms with Gasteiger partial charge >= 0.3 is 0 Å². The molecule has 0 aliphatic carbocycles. The molecule has 0 unspecified atom stereocenters. The van der Waals surface area contributed by atoms with E-state index in [2.05, 4.69) is 26.2 Å². The Balaban J connectivity index is 2.03. The second-order valence-corrected chi connectivity index (χ2v) is 5.84. The summed E-state index contributed by atoms with van der Waals surface area (Å²) < 4.78 is 6.38. The summed E-state index contributed by atoms with van der Waals surface area (Å²) >= 11 is 15.4. The van der Waals surface area contributed by atoms with Crippen molar-refractivity contribution >= 4 is 39.1 Å². The van der Waals surface area contributed by atoms with Crippen LogP contribution in [-0.2, 0) is 13.2 Å². The van der Waals surface area contributed by atoms with Crippen molar-refractivity contribution < 1.29 is 4.74 Å². The molecule has 2 aromatic rings. The van der Waals surface area contributed by atoms with Gasteiger partial charge in [-0.25, -0.2) is 0 Å². The number of pyridine rings is 1. The van der Waals surface area contributed by atoms with E-state index in [4.69, 9.17) is 27.9 Å². The van der Waals surface area contributed by atoms with Gasteiger partial charge in [0.1, 0.15) is 12.4 Å². The molecule has 6 heteroatoms. The normalized spacial score (nSPS) is 10.6. The van der Waals surface area contributed by atoms with Gasteiger partial charge in [0.05, 0.1) is 15.7 Å². The van der Waals surface area contributed by atoms with Gasteiger partial charge in [0.15, 0.2) is 0 Å². The van der Waals surface area contributed by atoms with Gasteiger partial charge in [-0.2, -0.15) is 0 Å². The van der Waals surface area contributed by atoms with E-state index in [9.17, 15) is 0 Å². The molecular weight excluding hydrogens is 363 g/mol. The van der Waals surface area contributed by atoms with Crippen LogP contribution in [-0.4, -0.2) is 12.0 Å². The van der Waals surface area contributed by atoms with Crippen molar-refractivity contribution in [2.45, 2.75) is 13.2 Å². The molecule has 0 atom stereocenters. The van der Waals surface area contributed by atoms with Gasteiger partial charge in [0.2, 0.25) is 0 Å². The highest BCUT2D eigenvalue weighted by molar-refractivity contribution is 9.10. The molecule has 0 bridgehead atoms. The van der Waals surface area contributed by atoms with Crippen LogP contribution in [0.25, 0.3) is 0 Å². The predicted octanol–water partition coefficient (Wildman–Crippen LogP) is 4.45. The lowest BCUT2D eigenvalue weighted by atomic mass is 10.2. The first-order valence-corrected chi connectivity index (χ1v) is 7.51. The maximum atomic E-state index is 6.09. The lowest BCUT2D eigenvalue weighted by Crippen LogP contribution is -2.06. The highest BCUT2D eigenvalue weighted by Gasteiger charge is 2.07. The third-order valence-corrected chi connectivity index (χ3v) is 4.11. The summed E-state index contributed by atoms with van der Waals surface area (Å²) in [7, 11) is 1.90. The van der Waals surface area contributed by atoms with Crippen LogP contribution in [0.3, 0.4) is 0 Å². The van der Waals surface area contributed by atoms with Crippen LogP contribution in [0.5, 0.6) is 5.75 Å². The number of benzene rings is 1. The van der Waals surface area contributed by atoms with E-state index in [1.54, 1.807) is 12.1 Å². The molecule has 2 rings (SSSR count). The minimum absolute atomic E-state index is 0.345. The molecule has 0 spiro atoms. The first-order chi connectivity index (χ1) is 9.60. The highest BCUT2D eigenvalue weighted by atomic mass is 79.9. The molecule has 0 amide bonds. The molecular formula is C14H13BrCl2N2O. The van der Waals surface area contributed by atoms with Crippen LogP contribution in [0.2, 0.25) is 10.0 Å². The predicted molar refractivity (Wildman–Crippen MR) is 85.5 cm³/mol. The molecule has 1 aromatic carbocycles. The molecule has 0 saturated carbocycles. The first kappa shape index (κ1) is 15.6. The van der Waals surface area contributed by atoms with Gasteiger partial charge in [-0.15, -0.1) is 0 Å². The summed E-state index contributed by atoms with van der Waals surface area (Å²) in [6, 6.07) is 7.34. The van der Waals surface area contributed by atoms with E-state index in [0.29, 0.717) is 22.4 Å². The SMILES string of the molecule is CNCc1ccc(COc2cc(Cl)c(Br)cc2Cl)nc1. The van der Waals surface area contributed by atoms with E-state index in [0.717, 1.165) is 22.3 Å². The zero-order valence-electron chi connectivity index (χ0n) is 10.8. The molecule has 1 N–H and O–H groups in total. The average molecular weight is 376 g/mol. The van der Waals surface area contributed by atoms with E-state index in [1.807, 2.05) is 25.4 Å². The monoisotopic (exact) mass is 374 g/mol. The molecule has 1 aromatic heterocycles. The Labute approximate surface area is 136 Å². The van der Waals surface area contributed by atoms with Crippen LogP contribution in [0, 0.1) is 0 Å². The van der Waals surface area contributed by atoms with Crippen molar-refractivity contribution in [3.63, 3.8) is 0 Å². The summed E-state index contributed by atoms with van der Waals surface area (Å²) in [5, 5.41) is 4.14. The number of aromatic nitrogens is 1. The largest absolute Gasteiger partial charge is 0.486 e. The van der Waals surface area contributed by atoms with Gasteiger partial charge in [0, 0.05) is 23.3 Å². The number of hydrogen-bond donors (Lipinski definition) is 1. The molecule has 0 aliphatic heterocycles. The minimum atomic E-state index is 0.345. The highest BCUT2D eigenvalue weighted by Crippen LogP contribution is 2.34. The van der Waals surface area contributed by atoms with Crippen molar-refractivity contribution in [3.8, 4) is 5.75 Å². The minimum Gasteiger partial charge on any atom is -0.486 e. The number of nitrogens with zero attached hydrogens (tertiary/aromatic N) is 1. The molecule has 0 radical (unpaired) electrons. The number of ether oxygens (including phenoxy) is 1. The van der Waals surface area contributed by atoms with Gasteiger partial charge in [-0.3, -0.25) is 4.98 Å². The molecule has 106 valence electrons. The lowest BCUT2D eigenvalue weighted by Gasteiger charge is -2.09. The molecule has 0 aliphatic rings. The van der Waals surface area contributed by atoms with E-state index in [-0.39, 0.29) is 0 Å². The number of halogens is 3. The maximum Gasteiger partial charge on any atom is 0.140 e. The second kappa shape index (κ2) is 7.27. The summed E-state index contributed by atoms with van der Waals surface area (Å²) in [5.74, 6) is 0.543. The third kappa shape index (κ3) is 4.09. The quantitative estimate of drug-likeness (QED) is 0.784. The average Bonchev–Trinajstić information content (AvgIpc) is 2.43. The van der Waals surface area contributed by atoms with Crippen LogP contribution in [0.15, 0.2) is 34.9 Å². The third-order valence-electron chi connectivity index (χ3n) is 2.62. The fraction of sp³-hybridized carbons (Fsp3) is 0.214.